The van der Waals surface area contributed by atoms with E-state index in [0.717, 1.165) is 22.0 Å². The molecule has 0 bridgehead atoms. The van der Waals surface area contributed by atoms with Crippen molar-refractivity contribution in [2.75, 3.05) is 27.4 Å². The van der Waals surface area contributed by atoms with Crippen LogP contribution in [0.5, 0.6) is 23.0 Å². The van der Waals surface area contributed by atoms with Gasteiger partial charge in [-0.3, -0.25) is 4.79 Å². The number of aromatic nitrogens is 1. The molecule has 0 aliphatic carbocycles. The third-order valence-electron chi connectivity index (χ3n) is 6.09. The number of aromatic amines is 1. The summed E-state index contributed by atoms with van der Waals surface area (Å²) in [5, 5.41) is 4.15. The molecule has 0 spiro atoms. The monoisotopic (exact) mass is 458 g/mol. The van der Waals surface area contributed by atoms with Crippen molar-refractivity contribution in [3.8, 4) is 23.0 Å². The van der Waals surface area contributed by atoms with Crippen LogP contribution in [0.25, 0.3) is 10.9 Å². The molecule has 0 saturated heterocycles. The van der Waals surface area contributed by atoms with Crippen molar-refractivity contribution in [1.29, 1.82) is 0 Å². The molecule has 3 aromatic carbocycles. The molecule has 1 aromatic heterocycles. The molecule has 0 fully saturated rings. The van der Waals surface area contributed by atoms with Crippen LogP contribution in [0.1, 0.15) is 17.0 Å². The Bertz CT molecular complexity index is 1320. The van der Waals surface area contributed by atoms with E-state index in [9.17, 15) is 4.79 Å². The normalized spacial score (nSPS) is 15.5. The molecule has 174 valence electrons. The third-order valence-corrected chi connectivity index (χ3v) is 6.09. The van der Waals surface area contributed by atoms with Gasteiger partial charge in [-0.1, -0.05) is 42.5 Å². The Labute approximate surface area is 197 Å². The maximum Gasteiger partial charge on any atom is 0.264 e. The Morgan fingerprint density at radius 3 is 2.62 bits per heavy atom. The van der Waals surface area contributed by atoms with E-state index >= 15 is 0 Å². The van der Waals surface area contributed by atoms with Gasteiger partial charge in [-0.05, 0) is 29.8 Å². The molecule has 1 aliphatic rings. The molecule has 2 heterocycles. The van der Waals surface area contributed by atoms with Crippen molar-refractivity contribution in [2.24, 2.45) is 0 Å². The summed E-state index contributed by atoms with van der Waals surface area (Å²) in [4.78, 5) is 16.4. The Kier molecular flexibility index (Phi) is 5.99. The third kappa shape index (κ3) is 4.01. The van der Waals surface area contributed by atoms with Crippen LogP contribution in [0.15, 0.2) is 72.9 Å². The fraction of sp³-hybridized carbons (Fsp3) is 0.222. The number of carbonyl (C=O) groups excluding carboxylic acids is 1. The van der Waals surface area contributed by atoms with E-state index in [-0.39, 0.29) is 18.4 Å². The zero-order chi connectivity index (χ0) is 23.5. The largest absolute Gasteiger partial charge is 0.493 e. The molecule has 2 atom stereocenters. The second-order valence-electron chi connectivity index (χ2n) is 8.03. The fourth-order valence-electron chi connectivity index (χ4n) is 4.42. The summed E-state index contributed by atoms with van der Waals surface area (Å²) in [5.74, 6) is 2.06. The van der Waals surface area contributed by atoms with Gasteiger partial charge >= 0.3 is 0 Å². The van der Waals surface area contributed by atoms with Crippen LogP contribution in [-0.4, -0.2) is 44.4 Å². The fourth-order valence-corrected chi connectivity index (χ4v) is 4.42. The number of methoxy groups -OCH3 is 2. The number of amides is 1. The number of rotatable bonds is 7. The van der Waals surface area contributed by atoms with Gasteiger partial charge in [0.2, 0.25) is 6.10 Å². The van der Waals surface area contributed by atoms with Crippen LogP contribution in [0.4, 0.5) is 0 Å². The van der Waals surface area contributed by atoms with Gasteiger partial charge in [0.1, 0.15) is 6.61 Å². The number of carbonyl (C=O) groups is 1. The van der Waals surface area contributed by atoms with Crippen molar-refractivity contribution in [1.82, 2.24) is 10.3 Å². The summed E-state index contributed by atoms with van der Waals surface area (Å²) in [6.07, 6.45) is 1.25. The summed E-state index contributed by atoms with van der Waals surface area (Å²) < 4.78 is 22.9. The highest BCUT2D eigenvalue weighted by atomic mass is 16.6. The van der Waals surface area contributed by atoms with Crippen LogP contribution in [0.3, 0.4) is 0 Å². The minimum atomic E-state index is -0.731. The Morgan fingerprint density at radius 2 is 1.79 bits per heavy atom. The number of fused-ring (bicyclic) bond motifs is 2. The number of para-hydroxylation sites is 4. The van der Waals surface area contributed by atoms with E-state index in [2.05, 4.69) is 16.4 Å². The zero-order valence-electron chi connectivity index (χ0n) is 19.0. The molecule has 0 saturated carbocycles. The minimum Gasteiger partial charge on any atom is -0.493 e. The van der Waals surface area contributed by atoms with Crippen LogP contribution in [0, 0.1) is 0 Å². The molecular formula is C27H26N2O5. The van der Waals surface area contributed by atoms with E-state index in [4.69, 9.17) is 18.9 Å². The van der Waals surface area contributed by atoms with Crippen molar-refractivity contribution in [2.45, 2.75) is 12.0 Å². The molecule has 0 unspecified atom stereocenters. The quantitative estimate of drug-likeness (QED) is 0.432. The van der Waals surface area contributed by atoms with E-state index in [1.165, 1.54) is 0 Å². The van der Waals surface area contributed by atoms with Gasteiger partial charge < -0.3 is 29.2 Å². The Morgan fingerprint density at radius 1 is 1.00 bits per heavy atom. The number of H-pyrrole nitrogens is 1. The predicted molar refractivity (Wildman–Crippen MR) is 129 cm³/mol. The number of hydrogen-bond acceptors (Lipinski definition) is 5. The van der Waals surface area contributed by atoms with E-state index in [1.54, 1.807) is 20.3 Å². The zero-order valence-corrected chi connectivity index (χ0v) is 19.0. The summed E-state index contributed by atoms with van der Waals surface area (Å²) in [6.45, 7) is 0.495. The summed E-state index contributed by atoms with van der Waals surface area (Å²) in [6, 6.07) is 21.2. The van der Waals surface area contributed by atoms with Gasteiger partial charge in [0.15, 0.2) is 23.0 Å². The van der Waals surface area contributed by atoms with Crippen molar-refractivity contribution >= 4 is 16.8 Å². The number of ether oxygens (including phenoxy) is 4. The molecule has 2 N–H and O–H groups in total. The molecular weight excluding hydrogens is 432 g/mol. The molecule has 0 radical (unpaired) electrons. The summed E-state index contributed by atoms with van der Waals surface area (Å²) in [5.41, 5.74) is 2.99. The smallest absolute Gasteiger partial charge is 0.264 e. The highest BCUT2D eigenvalue weighted by Crippen LogP contribution is 2.40. The van der Waals surface area contributed by atoms with Gasteiger partial charge in [-0.2, -0.15) is 0 Å². The van der Waals surface area contributed by atoms with Gasteiger partial charge in [-0.25, -0.2) is 0 Å². The van der Waals surface area contributed by atoms with Crippen LogP contribution < -0.4 is 24.3 Å². The maximum atomic E-state index is 13.1. The average molecular weight is 459 g/mol. The second kappa shape index (κ2) is 9.39. The van der Waals surface area contributed by atoms with Crippen LogP contribution in [0.2, 0.25) is 0 Å². The second-order valence-corrected chi connectivity index (χ2v) is 8.03. The lowest BCUT2D eigenvalue weighted by Gasteiger charge is -2.27. The van der Waals surface area contributed by atoms with E-state index in [1.807, 2.05) is 60.8 Å². The highest BCUT2D eigenvalue weighted by Gasteiger charge is 2.29. The summed E-state index contributed by atoms with van der Waals surface area (Å²) in [7, 11) is 3.24. The average Bonchev–Trinajstić information content (AvgIpc) is 3.32. The molecule has 4 aromatic rings. The van der Waals surface area contributed by atoms with Crippen molar-refractivity contribution in [3.05, 3.63) is 84.1 Å². The predicted octanol–water partition coefficient (Wildman–Crippen LogP) is 4.27. The molecule has 34 heavy (non-hydrogen) atoms. The van der Waals surface area contributed by atoms with Crippen molar-refractivity contribution < 1.29 is 23.7 Å². The lowest BCUT2D eigenvalue weighted by atomic mass is 9.89. The molecule has 7 heteroatoms. The van der Waals surface area contributed by atoms with Crippen LogP contribution >= 0.6 is 0 Å². The maximum absolute atomic E-state index is 13.1. The van der Waals surface area contributed by atoms with Crippen LogP contribution in [-0.2, 0) is 4.79 Å². The first kappa shape index (κ1) is 21.7. The lowest BCUT2D eigenvalue weighted by Crippen LogP contribution is -2.45. The first-order chi connectivity index (χ1) is 16.7. The first-order valence-corrected chi connectivity index (χ1v) is 11.1. The Hall–Kier alpha value is -4.13. The molecule has 5 rings (SSSR count). The minimum absolute atomic E-state index is 0.156. The van der Waals surface area contributed by atoms with Gasteiger partial charge in [0, 0.05) is 35.1 Å². The highest BCUT2D eigenvalue weighted by molar-refractivity contribution is 5.85. The van der Waals surface area contributed by atoms with E-state index in [0.29, 0.717) is 29.5 Å². The van der Waals surface area contributed by atoms with E-state index < -0.39 is 6.10 Å². The molecule has 1 aliphatic heterocycles. The van der Waals surface area contributed by atoms with Gasteiger partial charge in [0.05, 0.1) is 14.2 Å². The van der Waals surface area contributed by atoms with Gasteiger partial charge in [0.25, 0.3) is 5.91 Å². The number of nitrogens with one attached hydrogen (secondary N) is 2. The number of hydrogen-bond donors (Lipinski definition) is 2. The molecule has 7 nitrogen and oxygen atoms in total. The van der Waals surface area contributed by atoms with Crippen molar-refractivity contribution in [3.63, 3.8) is 0 Å². The topological polar surface area (TPSA) is 81.8 Å². The van der Waals surface area contributed by atoms with Gasteiger partial charge in [-0.15, -0.1) is 0 Å². The SMILES string of the molecule is COc1cccc([C@@H](CNC(=O)[C@@H]2COc3ccccc3O2)c2c[nH]c3ccccc23)c1OC. The first-order valence-electron chi connectivity index (χ1n) is 11.1. The number of benzene rings is 3. The lowest BCUT2D eigenvalue weighted by molar-refractivity contribution is -0.130. The standard InChI is InChI=1S/C27H26N2O5/c1-31-24-13-7-9-18(26(24)32-2)20(19-14-28-21-10-4-3-8-17(19)21)15-29-27(30)25-16-33-22-11-5-6-12-23(22)34-25/h3-14,20,25,28H,15-16H2,1-2H3,(H,29,30)/t20-,25+/m1/s1. The Balaban J connectivity index is 1.45. The molecule has 1 amide bonds. The summed E-state index contributed by atoms with van der Waals surface area (Å²) >= 11 is 0.